The molecule has 2 fully saturated rings. The number of hydrogen-bond acceptors (Lipinski definition) is 10. The molecule has 0 radical (unpaired) electrons. The molecule has 0 unspecified atom stereocenters. The molecule has 2 saturated heterocycles. The van der Waals surface area contributed by atoms with Crippen LogP contribution in [0.4, 0.5) is 0 Å². The van der Waals surface area contributed by atoms with Gasteiger partial charge in [0.2, 0.25) is 9.84 Å². The number of ether oxygens (including phenoxy) is 4. The van der Waals surface area contributed by atoms with Crippen LogP contribution in [0.2, 0.25) is 0 Å². The number of benzene rings is 2. The Morgan fingerprint density at radius 1 is 0.683 bits per heavy atom. The summed E-state index contributed by atoms with van der Waals surface area (Å²) < 4.78 is 49.2. The molecule has 2 aliphatic rings. The number of sulfone groups is 1. The lowest BCUT2D eigenvalue weighted by atomic mass is 10.2. The molecule has 0 amide bonds. The van der Waals surface area contributed by atoms with Crippen LogP contribution in [-0.2, 0) is 19.3 Å². The third-order valence-corrected chi connectivity index (χ3v) is 8.87. The fourth-order valence-corrected chi connectivity index (χ4v) is 6.78. The molecule has 0 spiro atoms. The van der Waals surface area contributed by atoms with Gasteiger partial charge in [-0.25, -0.2) is 8.42 Å². The number of morpholine rings is 2. The number of rotatable bonds is 12. The van der Waals surface area contributed by atoms with Crippen molar-refractivity contribution in [1.29, 1.82) is 0 Å². The lowest BCUT2D eigenvalue weighted by molar-refractivity contribution is -0.0789. The summed E-state index contributed by atoms with van der Waals surface area (Å²) >= 11 is 0. The molecular weight excluding hydrogens is 548 g/mol. The van der Waals surface area contributed by atoms with Gasteiger partial charge in [-0.3, -0.25) is 9.80 Å². The number of β-amino-alcohol motifs (C(OH)–C–C–N with tert-alkyl or cyclic N) is 2. The lowest BCUT2D eigenvalue weighted by Gasteiger charge is -2.36. The maximum absolute atomic E-state index is 13.1. The monoisotopic (exact) mass is 592 g/mol. The highest BCUT2D eigenvalue weighted by molar-refractivity contribution is 7.91. The SMILES string of the molecule is C[C@@H]1CN(C[C@@H](O)COc2ccc(S(=O)(=O)c3ccc(OC[C@@H](O)CN4C[C@H](C)O[C@@H](C)C4)cc3)cc2)C[C@H](C)O1. The van der Waals surface area contributed by atoms with E-state index in [1.54, 1.807) is 24.3 Å². The number of aliphatic hydroxyl groups excluding tert-OH is 2. The third kappa shape index (κ3) is 9.37. The van der Waals surface area contributed by atoms with Crippen LogP contribution in [0.3, 0.4) is 0 Å². The molecule has 228 valence electrons. The van der Waals surface area contributed by atoms with Crippen molar-refractivity contribution < 1.29 is 37.6 Å². The van der Waals surface area contributed by atoms with E-state index in [1.165, 1.54) is 24.3 Å². The Morgan fingerprint density at radius 2 is 1.00 bits per heavy atom. The third-order valence-electron chi connectivity index (χ3n) is 7.08. The second-order valence-electron chi connectivity index (χ2n) is 11.3. The summed E-state index contributed by atoms with van der Waals surface area (Å²) in [5, 5.41) is 20.8. The zero-order valence-electron chi connectivity index (χ0n) is 24.4. The van der Waals surface area contributed by atoms with Gasteiger partial charge in [-0.2, -0.15) is 0 Å². The average Bonchev–Trinajstić information content (AvgIpc) is 2.90. The largest absolute Gasteiger partial charge is 0.491 e. The van der Waals surface area contributed by atoms with Crippen molar-refractivity contribution in [3.8, 4) is 11.5 Å². The Labute approximate surface area is 243 Å². The van der Waals surface area contributed by atoms with Crippen LogP contribution in [0.1, 0.15) is 27.7 Å². The van der Waals surface area contributed by atoms with Crippen molar-refractivity contribution in [2.24, 2.45) is 0 Å². The maximum Gasteiger partial charge on any atom is 0.206 e. The molecule has 0 bridgehead atoms. The van der Waals surface area contributed by atoms with E-state index in [0.717, 1.165) is 26.2 Å². The van der Waals surface area contributed by atoms with Crippen LogP contribution >= 0.6 is 0 Å². The fraction of sp³-hybridized carbons (Fsp3) is 0.600. The number of hydrogen-bond donors (Lipinski definition) is 2. The minimum atomic E-state index is -3.74. The van der Waals surface area contributed by atoms with Crippen LogP contribution in [0.5, 0.6) is 11.5 Å². The van der Waals surface area contributed by atoms with E-state index in [-0.39, 0.29) is 47.4 Å². The Balaban J connectivity index is 1.24. The van der Waals surface area contributed by atoms with Crippen LogP contribution in [0.25, 0.3) is 0 Å². The summed E-state index contributed by atoms with van der Waals surface area (Å²) in [6, 6.07) is 12.3. The highest BCUT2D eigenvalue weighted by atomic mass is 32.2. The first-order valence-electron chi connectivity index (χ1n) is 14.3. The van der Waals surface area contributed by atoms with Gasteiger partial charge in [0.05, 0.1) is 34.2 Å². The molecule has 2 aromatic carbocycles. The summed E-state index contributed by atoms with van der Waals surface area (Å²) in [5.41, 5.74) is 0. The van der Waals surface area contributed by atoms with Gasteiger partial charge in [-0.15, -0.1) is 0 Å². The fourth-order valence-electron chi connectivity index (χ4n) is 5.52. The van der Waals surface area contributed by atoms with Crippen molar-refractivity contribution in [3.05, 3.63) is 48.5 Å². The van der Waals surface area contributed by atoms with Gasteiger partial charge in [-0.1, -0.05) is 0 Å². The molecule has 2 heterocycles. The molecule has 11 heteroatoms. The molecule has 10 nitrogen and oxygen atoms in total. The normalized spacial score (nSPS) is 25.9. The molecule has 4 rings (SSSR count). The second-order valence-corrected chi connectivity index (χ2v) is 13.3. The minimum Gasteiger partial charge on any atom is -0.491 e. The van der Waals surface area contributed by atoms with E-state index in [0.29, 0.717) is 24.6 Å². The van der Waals surface area contributed by atoms with Crippen molar-refractivity contribution in [2.45, 2.75) is 74.1 Å². The second kappa shape index (κ2) is 14.3. The topological polar surface area (TPSA) is 118 Å². The molecule has 2 N–H and O–H groups in total. The first-order valence-corrected chi connectivity index (χ1v) is 15.8. The molecule has 6 atom stereocenters. The standard InChI is InChI=1S/C30H44N2O8S/c1-21-13-31(14-22(2)39-21)17-25(33)19-37-27-5-9-29(10-6-27)41(35,36)30-11-7-28(8-12-30)38-20-26(34)18-32-15-23(3)40-24(4)16-32/h5-12,21-26,33-34H,13-20H2,1-4H3/t21-,22-,23-,24+,25-,26+/m0/s1. The first kappa shape index (κ1) is 31.7. The van der Waals surface area contributed by atoms with Gasteiger partial charge in [0.25, 0.3) is 0 Å². The van der Waals surface area contributed by atoms with Gasteiger partial charge < -0.3 is 29.2 Å². The highest BCUT2D eigenvalue weighted by Gasteiger charge is 2.25. The van der Waals surface area contributed by atoms with E-state index in [1.807, 2.05) is 27.7 Å². The minimum absolute atomic E-state index is 0.104. The molecule has 41 heavy (non-hydrogen) atoms. The van der Waals surface area contributed by atoms with E-state index >= 15 is 0 Å². The summed E-state index contributed by atoms with van der Waals surface area (Å²) in [6.45, 7) is 12.3. The van der Waals surface area contributed by atoms with Gasteiger partial charge in [0.15, 0.2) is 0 Å². The van der Waals surface area contributed by atoms with E-state index in [9.17, 15) is 18.6 Å². The molecular formula is C30H44N2O8S. The molecule has 2 aliphatic heterocycles. The quantitative estimate of drug-likeness (QED) is 0.380. The van der Waals surface area contributed by atoms with Crippen molar-refractivity contribution >= 4 is 9.84 Å². The lowest BCUT2D eigenvalue weighted by Crippen LogP contribution is -2.48. The Morgan fingerprint density at radius 3 is 1.32 bits per heavy atom. The Kier molecular flexibility index (Phi) is 11.0. The Hall–Kier alpha value is -2.25. The molecule has 2 aromatic rings. The smallest absolute Gasteiger partial charge is 0.206 e. The van der Waals surface area contributed by atoms with Crippen molar-refractivity contribution in [1.82, 2.24) is 9.80 Å². The number of nitrogens with zero attached hydrogens (tertiary/aromatic N) is 2. The van der Waals surface area contributed by atoms with E-state index in [4.69, 9.17) is 18.9 Å². The van der Waals surface area contributed by atoms with E-state index < -0.39 is 22.0 Å². The summed E-state index contributed by atoms with van der Waals surface area (Å²) in [7, 11) is -3.74. The van der Waals surface area contributed by atoms with Crippen molar-refractivity contribution in [2.75, 3.05) is 52.5 Å². The average molecular weight is 593 g/mol. The van der Waals surface area contributed by atoms with Gasteiger partial charge in [0.1, 0.15) is 36.9 Å². The molecule has 0 saturated carbocycles. The first-order chi connectivity index (χ1) is 19.5. The maximum atomic E-state index is 13.1. The van der Waals surface area contributed by atoms with Crippen LogP contribution in [-0.4, -0.2) is 118 Å². The van der Waals surface area contributed by atoms with Gasteiger partial charge >= 0.3 is 0 Å². The van der Waals surface area contributed by atoms with Gasteiger partial charge in [0, 0.05) is 39.3 Å². The van der Waals surface area contributed by atoms with Crippen LogP contribution in [0.15, 0.2) is 58.3 Å². The van der Waals surface area contributed by atoms with E-state index in [2.05, 4.69) is 9.80 Å². The summed E-state index contributed by atoms with van der Waals surface area (Å²) in [6.07, 6.45) is -0.865. The van der Waals surface area contributed by atoms with Crippen LogP contribution < -0.4 is 9.47 Å². The summed E-state index contributed by atoms with van der Waals surface area (Å²) in [5.74, 6) is 0.963. The molecule has 0 aromatic heterocycles. The molecule has 0 aliphatic carbocycles. The van der Waals surface area contributed by atoms with Crippen molar-refractivity contribution in [3.63, 3.8) is 0 Å². The van der Waals surface area contributed by atoms with Crippen LogP contribution in [0, 0.1) is 0 Å². The zero-order chi connectivity index (χ0) is 29.6. The number of aliphatic hydroxyl groups is 2. The highest BCUT2D eigenvalue weighted by Crippen LogP contribution is 2.25. The predicted octanol–water partition coefficient (Wildman–Crippen LogP) is 2.22. The Bertz CT molecular complexity index is 1090. The predicted molar refractivity (Wildman–Crippen MR) is 154 cm³/mol. The summed E-state index contributed by atoms with van der Waals surface area (Å²) in [4.78, 5) is 4.60. The zero-order valence-corrected chi connectivity index (χ0v) is 25.2. The van der Waals surface area contributed by atoms with Gasteiger partial charge in [-0.05, 0) is 76.2 Å².